The molecule has 0 aromatic rings. The molecule has 0 heterocycles. The highest BCUT2D eigenvalue weighted by atomic mass is 16.5. The average molecular weight is 186 g/mol. The Morgan fingerprint density at radius 3 is 2.69 bits per heavy atom. The summed E-state index contributed by atoms with van der Waals surface area (Å²) in [6.45, 7) is 4.30. The second kappa shape index (κ2) is 4.97. The van der Waals surface area contributed by atoms with Crippen LogP contribution < -0.4 is 0 Å². The third-order valence-electron chi connectivity index (χ3n) is 3.31. The summed E-state index contributed by atoms with van der Waals surface area (Å²) < 4.78 is 5.42. The van der Waals surface area contributed by atoms with Gasteiger partial charge in [0.2, 0.25) is 0 Å². The fraction of sp³-hybridized carbons (Fsp3) is 1.00. The van der Waals surface area contributed by atoms with E-state index >= 15 is 0 Å². The van der Waals surface area contributed by atoms with Gasteiger partial charge in [0.05, 0.1) is 12.2 Å². The summed E-state index contributed by atoms with van der Waals surface area (Å²) in [5.41, 5.74) is 0. The standard InChI is InChI=1S/C11H22O2/c1-4-10(12)9-7-8(2)5-6-11(9)13-3/h8-12H,4-7H2,1-3H3. The van der Waals surface area contributed by atoms with Crippen molar-refractivity contribution >= 4 is 0 Å². The molecule has 1 N–H and O–H groups in total. The minimum absolute atomic E-state index is 0.173. The van der Waals surface area contributed by atoms with Crippen molar-refractivity contribution in [3.05, 3.63) is 0 Å². The Balaban J connectivity index is 2.54. The molecule has 1 saturated carbocycles. The summed E-state index contributed by atoms with van der Waals surface area (Å²) in [5, 5.41) is 9.82. The molecule has 0 bridgehead atoms. The molecule has 78 valence electrons. The highest BCUT2D eigenvalue weighted by molar-refractivity contribution is 4.83. The molecule has 0 amide bonds. The van der Waals surface area contributed by atoms with E-state index in [0.29, 0.717) is 5.92 Å². The molecule has 0 spiro atoms. The summed E-state index contributed by atoms with van der Waals surface area (Å²) in [4.78, 5) is 0. The molecular formula is C11H22O2. The Morgan fingerprint density at radius 1 is 1.46 bits per heavy atom. The smallest absolute Gasteiger partial charge is 0.0624 e. The Bertz CT molecular complexity index is 147. The van der Waals surface area contributed by atoms with Crippen LogP contribution in [0.15, 0.2) is 0 Å². The first-order valence-electron chi connectivity index (χ1n) is 5.39. The lowest BCUT2D eigenvalue weighted by molar-refractivity contribution is -0.0481. The first-order valence-corrected chi connectivity index (χ1v) is 5.39. The highest BCUT2D eigenvalue weighted by Gasteiger charge is 2.32. The van der Waals surface area contributed by atoms with E-state index in [-0.39, 0.29) is 12.2 Å². The van der Waals surface area contributed by atoms with Gasteiger partial charge in [-0.1, -0.05) is 13.8 Å². The van der Waals surface area contributed by atoms with E-state index in [4.69, 9.17) is 4.74 Å². The molecule has 13 heavy (non-hydrogen) atoms. The molecule has 4 atom stereocenters. The third kappa shape index (κ3) is 2.68. The van der Waals surface area contributed by atoms with Crippen LogP contribution in [-0.4, -0.2) is 24.4 Å². The van der Waals surface area contributed by atoms with Gasteiger partial charge in [0.1, 0.15) is 0 Å². The molecule has 1 rings (SSSR count). The zero-order valence-corrected chi connectivity index (χ0v) is 8.99. The lowest BCUT2D eigenvalue weighted by Crippen LogP contribution is -2.37. The van der Waals surface area contributed by atoms with Gasteiger partial charge >= 0.3 is 0 Å². The minimum Gasteiger partial charge on any atom is -0.393 e. The molecule has 0 radical (unpaired) electrons. The third-order valence-corrected chi connectivity index (χ3v) is 3.31. The Hall–Kier alpha value is -0.0800. The van der Waals surface area contributed by atoms with Gasteiger partial charge in [-0.3, -0.25) is 0 Å². The number of rotatable bonds is 3. The largest absolute Gasteiger partial charge is 0.393 e. The number of ether oxygens (including phenoxy) is 1. The highest BCUT2D eigenvalue weighted by Crippen LogP contribution is 2.33. The Kier molecular flexibility index (Phi) is 4.20. The molecule has 0 saturated heterocycles. The molecule has 1 fully saturated rings. The summed E-state index contributed by atoms with van der Waals surface area (Å²) in [6, 6.07) is 0. The van der Waals surface area contributed by atoms with Gasteiger partial charge in [-0.15, -0.1) is 0 Å². The Morgan fingerprint density at radius 2 is 2.15 bits per heavy atom. The molecule has 1 aliphatic carbocycles. The summed E-state index contributed by atoms with van der Waals surface area (Å²) in [5.74, 6) is 1.11. The first kappa shape index (κ1) is 11.0. The van der Waals surface area contributed by atoms with E-state index in [1.807, 2.05) is 6.92 Å². The molecule has 4 unspecified atom stereocenters. The number of aliphatic hydroxyl groups excluding tert-OH is 1. The van der Waals surface area contributed by atoms with Gasteiger partial charge in [0, 0.05) is 13.0 Å². The lowest BCUT2D eigenvalue weighted by Gasteiger charge is -2.36. The van der Waals surface area contributed by atoms with E-state index in [9.17, 15) is 5.11 Å². The molecule has 0 aromatic heterocycles. The minimum atomic E-state index is -0.173. The Labute approximate surface area is 81.3 Å². The van der Waals surface area contributed by atoms with Crippen LogP contribution in [0.4, 0.5) is 0 Å². The first-order chi connectivity index (χ1) is 6.19. The van der Waals surface area contributed by atoms with Crippen LogP contribution in [0.25, 0.3) is 0 Å². The number of hydrogen-bond donors (Lipinski definition) is 1. The summed E-state index contributed by atoms with van der Waals surface area (Å²) in [6.07, 6.45) is 4.43. The average Bonchev–Trinajstić information content (AvgIpc) is 2.16. The lowest BCUT2D eigenvalue weighted by atomic mass is 9.77. The monoisotopic (exact) mass is 186 g/mol. The second-order valence-corrected chi connectivity index (χ2v) is 4.33. The van der Waals surface area contributed by atoms with Crippen LogP contribution in [0.2, 0.25) is 0 Å². The van der Waals surface area contributed by atoms with Crippen LogP contribution in [0.1, 0.15) is 39.5 Å². The van der Waals surface area contributed by atoms with Crippen molar-refractivity contribution < 1.29 is 9.84 Å². The van der Waals surface area contributed by atoms with E-state index in [1.165, 1.54) is 6.42 Å². The van der Waals surface area contributed by atoms with E-state index in [0.717, 1.165) is 25.2 Å². The fourth-order valence-corrected chi connectivity index (χ4v) is 2.40. The van der Waals surface area contributed by atoms with Crippen molar-refractivity contribution in [2.24, 2.45) is 11.8 Å². The molecule has 0 aliphatic heterocycles. The number of aliphatic hydroxyl groups is 1. The molecule has 1 aliphatic rings. The van der Waals surface area contributed by atoms with Crippen molar-refractivity contribution in [2.75, 3.05) is 7.11 Å². The maximum atomic E-state index is 9.82. The van der Waals surface area contributed by atoms with Crippen molar-refractivity contribution in [1.29, 1.82) is 0 Å². The van der Waals surface area contributed by atoms with Crippen molar-refractivity contribution in [3.63, 3.8) is 0 Å². The summed E-state index contributed by atoms with van der Waals surface area (Å²) >= 11 is 0. The fourth-order valence-electron chi connectivity index (χ4n) is 2.40. The molecule has 2 heteroatoms. The van der Waals surface area contributed by atoms with E-state index in [1.54, 1.807) is 7.11 Å². The quantitative estimate of drug-likeness (QED) is 0.732. The topological polar surface area (TPSA) is 29.5 Å². The number of methoxy groups -OCH3 is 1. The van der Waals surface area contributed by atoms with E-state index < -0.39 is 0 Å². The predicted molar refractivity (Wildman–Crippen MR) is 53.6 cm³/mol. The van der Waals surface area contributed by atoms with Crippen LogP contribution in [0, 0.1) is 11.8 Å². The van der Waals surface area contributed by atoms with Gasteiger partial charge in [-0.2, -0.15) is 0 Å². The second-order valence-electron chi connectivity index (χ2n) is 4.33. The number of hydrogen-bond acceptors (Lipinski definition) is 2. The van der Waals surface area contributed by atoms with Gasteiger partial charge in [-0.25, -0.2) is 0 Å². The maximum absolute atomic E-state index is 9.82. The zero-order valence-electron chi connectivity index (χ0n) is 8.99. The van der Waals surface area contributed by atoms with Crippen LogP contribution in [-0.2, 0) is 4.74 Å². The molecular weight excluding hydrogens is 164 g/mol. The van der Waals surface area contributed by atoms with Crippen molar-refractivity contribution in [3.8, 4) is 0 Å². The summed E-state index contributed by atoms with van der Waals surface area (Å²) in [7, 11) is 1.76. The van der Waals surface area contributed by atoms with Crippen LogP contribution in [0.5, 0.6) is 0 Å². The van der Waals surface area contributed by atoms with Gasteiger partial charge < -0.3 is 9.84 Å². The molecule has 0 aromatic carbocycles. The van der Waals surface area contributed by atoms with Gasteiger partial charge in [-0.05, 0) is 31.6 Å². The predicted octanol–water partition coefficient (Wildman–Crippen LogP) is 2.21. The van der Waals surface area contributed by atoms with Crippen LogP contribution in [0.3, 0.4) is 0 Å². The maximum Gasteiger partial charge on any atom is 0.0624 e. The van der Waals surface area contributed by atoms with Crippen LogP contribution >= 0.6 is 0 Å². The SMILES string of the molecule is CCC(O)C1CC(C)CCC1OC. The normalized spacial score (nSPS) is 37.4. The van der Waals surface area contributed by atoms with Crippen molar-refractivity contribution in [1.82, 2.24) is 0 Å². The molecule has 2 nitrogen and oxygen atoms in total. The van der Waals surface area contributed by atoms with Gasteiger partial charge in [0.25, 0.3) is 0 Å². The zero-order chi connectivity index (χ0) is 9.84. The van der Waals surface area contributed by atoms with Gasteiger partial charge in [0.15, 0.2) is 0 Å². The van der Waals surface area contributed by atoms with E-state index in [2.05, 4.69) is 6.92 Å². The van der Waals surface area contributed by atoms with Crippen molar-refractivity contribution in [2.45, 2.75) is 51.7 Å².